The van der Waals surface area contributed by atoms with Crippen LogP contribution in [0.2, 0.25) is 0 Å². The molecule has 27 heavy (non-hydrogen) atoms. The molecule has 0 radical (unpaired) electrons. The highest BCUT2D eigenvalue weighted by molar-refractivity contribution is 4.98. The van der Waals surface area contributed by atoms with Crippen LogP contribution in [0.1, 0.15) is 73.1 Å². The zero-order valence-corrected chi connectivity index (χ0v) is 18.4. The van der Waals surface area contributed by atoms with Gasteiger partial charge in [-0.1, -0.05) is 20.8 Å². The summed E-state index contributed by atoms with van der Waals surface area (Å²) >= 11 is 0. The molecule has 1 unspecified atom stereocenters. The van der Waals surface area contributed by atoms with Gasteiger partial charge in [-0.15, -0.1) is 0 Å². The lowest BCUT2D eigenvalue weighted by Crippen LogP contribution is -2.60. The number of alkyl halides is 2. The molecule has 5 heteroatoms. The summed E-state index contributed by atoms with van der Waals surface area (Å²) in [5.41, 5.74) is 0.431. The molecular formula is C22H43F2N3. The van der Waals surface area contributed by atoms with E-state index in [1.807, 2.05) is 18.7 Å². The standard InChI is InChI=1S/C20H37F2N3.C2H6/c1-4-10-23-11-5-18(20(21,22)16-23)25-14-8-19(9-15-25)6-12-24(13-7-19)17(2)3;1-2/h17-18H,4-16H2,1-3H3;1-2H3. The molecule has 0 aromatic rings. The predicted molar refractivity (Wildman–Crippen MR) is 111 cm³/mol. The normalized spacial score (nSPS) is 29.6. The highest BCUT2D eigenvalue weighted by Crippen LogP contribution is 2.43. The minimum Gasteiger partial charge on any atom is -0.301 e. The molecule has 0 aromatic heterocycles. The van der Waals surface area contributed by atoms with Crippen molar-refractivity contribution in [2.24, 2.45) is 5.41 Å². The Bertz CT molecular complexity index is 423. The molecule has 3 aliphatic heterocycles. The van der Waals surface area contributed by atoms with Crippen LogP contribution in [0.25, 0.3) is 0 Å². The zero-order valence-electron chi connectivity index (χ0n) is 18.4. The first-order valence-corrected chi connectivity index (χ1v) is 11.4. The van der Waals surface area contributed by atoms with Gasteiger partial charge in [0.05, 0.1) is 12.6 Å². The first kappa shape index (κ1) is 23.0. The quantitative estimate of drug-likeness (QED) is 0.691. The molecule has 1 atom stereocenters. The number of hydrogen-bond acceptors (Lipinski definition) is 3. The molecule has 0 amide bonds. The Kier molecular flexibility index (Phi) is 8.51. The van der Waals surface area contributed by atoms with Crippen molar-refractivity contribution in [3.05, 3.63) is 0 Å². The van der Waals surface area contributed by atoms with Crippen LogP contribution in [0.5, 0.6) is 0 Å². The van der Waals surface area contributed by atoms with Gasteiger partial charge in [0.15, 0.2) is 0 Å². The largest absolute Gasteiger partial charge is 0.301 e. The molecule has 1 spiro atoms. The summed E-state index contributed by atoms with van der Waals surface area (Å²) in [6.07, 6.45) is 6.32. The van der Waals surface area contributed by atoms with E-state index in [1.165, 1.54) is 25.9 Å². The lowest BCUT2D eigenvalue weighted by atomic mass is 9.70. The molecule has 0 N–H and O–H groups in total. The van der Waals surface area contributed by atoms with E-state index in [-0.39, 0.29) is 6.54 Å². The average molecular weight is 388 g/mol. The van der Waals surface area contributed by atoms with Crippen LogP contribution in [-0.4, -0.2) is 78.5 Å². The van der Waals surface area contributed by atoms with Gasteiger partial charge in [0, 0.05) is 12.6 Å². The van der Waals surface area contributed by atoms with E-state index in [2.05, 4.69) is 30.6 Å². The summed E-state index contributed by atoms with van der Waals surface area (Å²) in [4.78, 5) is 6.64. The highest BCUT2D eigenvalue weighted by Gasteiger charge is 2.49. The van der Waals surface area contributed by atoms with Crippen LogP contribution in [-0.2, 0) is 0 Å². The van der Waals surface area contributed by atoms with Gasteiger partial charge >= 0.3 is 0 Å². The summed E-state index contributed by atoms with van der Waals surface area (Å²) in [5, 5.41) is 0. The van der Waals surface area contributed by atoms with E-state index in [0.29, 0.717) is 17.9 Å². The van der Waals surface area contributed by atoms with Crippen molar-refractivity contribution in [2.75, 3.05) is 45.8 Å². The number of piperidine rings is 3. The second kappa shape index (κ2) is 9.98. The Balaban J connectivity index is 0.00000126. The number of likely N-dealkylation sites (tertiary alicyclic amines) is 3. The maximum atomic E-state index is 14.7. The van der Waals surface area contributed by atoms with Gasteiger partial charge in [-0.05, 0) is 90.5 Å². The van der Waals surface area contributed by atoms with E-state index < -0.39 is 12.0 Å². The van der Waals surface area contributed by atoms with Crippen molar-refractivity contribution < 1.29 is 8.78 Å². The molecule has 160 valence electrons. The molecule has 3 heterocycles. The van der Waals surface area contributed by atoms with Gasteiger partial charge in [-0.25, -0.2) is 8.78 Å². The Morgan fingerprint density at radius 2 is 1.48 bits per heavy atom. The summed E-state index contributed by atoms with van der Waals surface area (Å²) < 4.78 is 29.4. The molecule has 3 aliphatic rings. The lowest BCUT2D eigenvalue weighted by Gasteiger charge is -2.51. The van der Waals surface area contributed by atoms with Gasteiger partial charge in [0.25, 0.3) is 5.92 Å². The van der Waals surface area contributed by atoms with Crippen molar-refractivity contribution in [1.82, 2.24) is 14.7 Å². The Labute approximate surface area is 166 Å². The van der Waals surface area contributed by atoms with Gasteiger partial charge in [0.1, 0.15) is 0 Å². The Hall–Kier alpha value is -0.260. The van der Waals surface area contributed by atoms with Crippen LogP contribution < -0.4 is 0 Å². The number of nitrogens with zero attached hydrogens (tertiary/aromatic N) is 3. The third-order valence-corrected chi connectivity index (χ3v) is 7.07. The third-order valence-electron chi connectivity index (χ3n) is 7.07. The third kappa shape index (κ3) is 5.63. The maximum Gasteiger partial charge on any atom is 0.275 e. The molecule has 3 saturated heterocycles. The molecular weight excluding hydrogens is 344 g/mol. The van der Waals surface area contributed by atoms with Gasteiger partial charge in [-0.2, -0.15) is 0 Å². The smallest absolute Gasteiger partial charge is 0.275 e. The molecule has 3 rings (SSSR count). The summed E-state index contributed by atoms with van der Waals surface area (Å²) in [5.74, 6) is -2.56. The van der Waals surface area contributed by atoms with Gasteiger partial charge < -0.3 is 4.90 Å². The second-order valence-corrected chi connectivity index (χ2v) is 9.01. The number of rotatable bonds is 4. The minimum absolute atomic E-state index is 0.0451. The minimum atomic E-state index is -2.56. The van der Waals surface area contributed by atoms with Crippen LogP contribution in [0.3, 0.4) is 0 Å². The van der Waals surface area contributed by atoms with Crippen LogP contribution in [0.4, 0.5) is 8.78 Å². The predicted octanol–water partition coefficient (Wildman–Crippen LogP) is 4.72. The monoisotopic (exact) mass is 387 g/mol. The van der Waals surface area contributed by atoms with Crippen molar-refractivity contribution in [3.63, 3.8) is 0 Å². The fraction of sp³-hybridized carbons (Fsp3) is 1.00. The van der Waals surface area contributed by atoms with E-state index >= 15 is 0 Å². The first-order valence-electron chi connectivity index (χ1n) is 11.4. The van der Waals surface area contributed by atoms with Crippen molar-refractivity contribution in [2.45, 2.75) is 91.1 Å². The van der Waals surface area contributed by atoms with Crippen LogP contribution in [0, 0.1) is 5.41 Å². The molecule has 0 bridgehead atoms. The fourth-order valence-corrected chi connectivity index (χ4v) is 5.28. The molecule has 0 aliphatic carbocycles. The van der Waals surface area contributed by atoms with Crippen LogP contribution >= 0.6 is 0 Å². The van der Waals surface area contributed by atoms with E-state index in [4.69, 9.17) is 0 Å². The SMILES string of the molecule is CC.CCCN1CCC(N2CCC3(CCN(C(C)C)CC3)CC2)C(F)(F)C1. The zero-order chi connectivity index (χ0) is 20.1. The van der Waals surface area contributed by atoms with Crippen molar-refractivity contribution in [1.29, 1.82) is 0 Å². The van der Waals surface area contributed by atoms with Crippen molar-refractivity contribution in [3.8, 4) is 0 Å². The van der Waals surface area contributed by atoms with E-state index in [9.17, 15) is 8.78 Å². The topological polar surface area (TPSA) is 9.72 Å². The Morgan fingerprint density at radius 3 is 1.96 bits per heavy atom. The van der Waals surface area contributed by atoms with Gasteiger partial charge in [-0.3, -0.25) is 9.80 Å². The highest BCUT2D eigenvalue weighted by atomic mass is 19.3. The maximum absolute atomic E-state index is 14.7. The number of hydrogen-bond donors (Lipinski definition) is 0. The van der Waals surface area contributed by atoms with Gasteiger partial charge in [0.2, 0.25) is 0 Å². The average Bonchev–Trinajstić information content (AvgIpc) is 2.65. The lowest BCUT2D eigenvalue weighted by molar-refractivity contribution is -0.137. The molecule has 3 fully saturated rings. The number of halogens is 2. The Morgan fingerprint density at radius 1 is 0.926 bits per heavy atom. The molecule has 3 nitrogen and oxygen atoms in total. The van der Waals surface area contributed by atoms with Crippen LogP contribution in [0.15, 0.2) is 0 Å². The first-order chi connectivity index (χ1) is 12.9. The van der Waals surface area contributed by atoms with E-state index in [0.717, 1.165) is 45.4 Å². The summed E-state index contributed by atoms with van der Waals surface area (Å²) in [7, 11) is 0. The molecule has 0 aromatic carbocycles. The van der Waals surface area contributed by atoms with E-state index in [1.54, 1.807) is 0 Å². The second-order valence-electron chi connectivity index (χ2n) is 9.01. The molecule has 0 saturated carbocycles. The van der Waals surface area contributed by atoms with Crippen molar-refractivity contribution >= 4 is 0 Å². The fourth-order valence-electron chi connectivity index (χ4n) is 5.28. The summed E-state index contributed by atoms with van der Waals surface area (Å²) in [6, 6.07) is 0.0955. The summed E-state index contributed by atoms with van der Waals surface area (Å²) in [6.45, 7) is 16.3.